The zero-order chi connectivity index (χ0) is 18.6. The fraction of sp³-hybridized carbons (Fsp3) is 0.286. The molecule has 0 unspecified atom stereocenters. The van der Waals surface area contributed by atoms with Crippen LogP contribution in [0.3, 0.4) is 0 Å². The summed E-state index contributed by atoms with van der Waals surface area (Å²) in [5.74, 6) is 1.62. The molecular formula is C21H22N4O2. The third-order valence-corrected chi connectivity index (χ3v) is 4.88. The lowest BCUT2D eigenvalue weighted by molar-refractivity contribution is 0.0595. The fourth-order valence-corrected chi connectivity index (χ4v) is 3.37. The average molecular weight is 362 g/mol. The Hall–Kier alpha value is -3.15. The van der Waals surface area contributed by atoms with Gasteiger partial charge in [-0.1, -0.05) is 24.3 Å². The lowest BCUT2D eigenvalue weighted by Gasteiger charge is -2.32. The van der Waals surface area contributed by atoms with E-state index in [-0.39, 0.29) is 12.0 Å². The minimum atomic E-state index is 0.0212. The number of carbonyl (C=O) groups is 1. The van der Waals surface area contributed by atoms with Crippen LogP contribution in [0.25, 0.3) is 5.82 Å². The molecule has 0 spiro atoms. The molecule has 1 aliphatic heterocycles. The van der Waals surface area contributed by atoms with Crippen LogP contribution in [-0.2, 0) is 0 Å². The molecule has 4 rings (SSSR count). The number of hydrogen-bond acceptors (Lipinski definition) is 4. The van der Waals surface area contributed by atoms with Gasteiger partial charge in [0.2, 0.25) is 0 Å². The van der Waals surface area contributed by atoms with E-state index in [0.29, 0.717) is 24.5 Å². The second-order valence-corrected chi connectivity index (χ2v) is 6.67. The first-order valence-electron chi connectivity index (χ1n) is 9.19. The van der Waals surface area contributed by atoms with E-state index in [1.807, 2.05) is 60.4 Å². The number of aromatic nitrogens is 3. The highest BCUT2D eigenvalue weighted by molar-refractivity contribution is 5.95. The molecule has 0 bridgehead atoms. The average Bonchev–Trinajstić information content (AvgIpc) is 3.11. The molecule has 0 radical (unpaired) electrons. The molecule has 0 N–H and O–H groups in total. The van der Waals surface area contributed by atoms with Crippen molar-refractivity contribution in [1.29, 1.82) is 0 Å². The summed E-state index contributed by atoms with van der Waals surface area (Å²) in [6, 6.07) is 15.5. The molecule has 1 fully saturated rings. The Morgan fingerprint density at radius 3 is 2.52 bits per heavy atom. The van der Waals surface area contributed by atoms with Gasteiger partial charge in [-0.3, -0.25) is 4.79 Å². The highest BCUT2D eigenvalue weighted by Crippen LogP contribution is 2.21. The zero-order valence-corrected chi connectivity index (χ0v) is 15.3. The van der Waals surface area contributed by atoms with E-state index < -0.39 is 0 Å². The Labute approximate surface area is 158 Å². The van der Waals surface area contributed by atoms with Gasteiger partial charge in [0.05, 0.1) is 17.5 Å². The quantitative estimate of drug-likeness (QED) is 0.715. The number of nitrogens with zero attached hydrogens (tertiary/aromatic N) is 4. The van der Waals surface area contributed by atoms with Crippen molar-refractivity contribution in [3.8, 4) is 11.6 Å². The van der Waals surface area contributed by atoms with E-state index >= 15 is 0 Å². The summed E-state index contributed by atoms with van der Waals surface area (Å²) in [5, 5.41) is 4.35. The van der Waals surface area contributed by atoms with Gasteiger partial charge in [-0.05, 0) is 31.2 Å². The van der Waals surface area contributed by atoms with Crippen molar-refractivity contribution in [2.24, 2.45) is 0 Å². The van der Waals surface area contributed by atoms with Crippen LogP contribution in [0.2, 0.25) is 0 Å². The molecular weight excluding hydrogens is 340 g/mol. The Kier molecular flexibility index (Phi) is 4.87. The van der Waals surface area contributed by atoms with Crippen molar-refractivity contribution < 1.29 is 9.53 Å². The van der Waals surface area contributed by atoms with Gasteiger partial charge in [-0.15, -0.1) is 0 Å². The number of para-hydroxylation sites is 1. The van der Waals surface area contributed by atoms with Crippen LogP contribution in [0.4, 0.5) is 0 Å². The van der Waals surface area contributed by atoms with Crippen molar-refractivity contribution in [2.45, 2.75) is 25.9 Å². The zero-order valence-electron chi connectivity index (χ0n) is 15.3. The number of hydrogen-bond donors (Lipinski definition) is 0. The van der Waals surface area contributed by atoms with Gasteiger partial charge in [0.1, 0.15) is 11.9 Å². The summed E-state index contributed by atoms with van der Waals surface area (Å²) < 4.78 is 7.72. The Morgan fingerprint density at radius 1 is 1.07 bits per heavy atom. The summed E-state index contributed by atoms with van der Waals surface area (Å²) in [5.41, 5.74) is 1.43. The van der Waals surface area contributed by atoms with E-state index in [1.165, 1.54) is 0 Å². The third kappa shape index (κ3) is 3.69. The van der Waals surface area contributed by atoms with Crippen molar-refractivity contribution in [3.05, 3.63) is 72.2 Å². The van der Waals surface area contributed by atoms with Crippen LogP contribution < -0.4 is 4.74 Å². The predicted octanol–water partition coefficient (Wildman–Crippen LogP) is 3.26. The topological polar surface area (TPSA) is 60.3 Å². The fourth-order valence-electron chi connectivity index (χ4n) is 3.37. The van der Waals surface area contributed by atoms with Crippen LogP contribution in [0.1, 0.15) is 28.9 Å². The first-order chi connectivity index (χ1) is 13.2. The van der Waals surface area contributed by atoms with Crippen molar-refractivity contribution in [1.82, 2.24) is 19.7 Å². The van der Waals surface area contributed by atoms with Gasteiger partial charge in [-0.25, -0.2) is 9.67 Å². The van der Waals surface area contributed by atoms with Gasteiger partial charge in [0.15, 0.2) is 5.82 Å². The van der Waals surface area contributed by atoms with Crippen molar-refractivity contribution in [3.63, 3.8) is 0 Å². The lowest BCUT2D eigenvalue weighted by atomic mass is 10.1. The molecule has 2 aromatic heterocycles. The van der Waals surface area contributed by atoms with Crippen molar-refractivity contribution in [2.75, 3.05) is 13.1 Å². The van der Waals surface area contributed by atoms with Crippen LogP contribution >= 0.6 is 0 Å². The Morgan fingerprint density at radius 2 is 1.81 bits per heavy atom. The number of ether oxygens (including phenoxy) is 1. The van der Waals surface area contributed by atoms with Gasteiger partial charge in [-0.2, -0.15) is 5.10 Å². The van der Waals surface area contributed by atoms with Crippen LogP contribution in [0.5, 0.6) is 5.75 Å². The maximum atomic E-state index is 12.9. The molecule has 3 aromatic rings. The highest BCUT2D eigenvalue weighted by atomic mass is 16.5. The molecule has 1 aromatic carbocycles. The minimum absolute atomic E-state index is 0.0212. The first-order valence-corrected chi connectivity index (χ1v) is 9.19. The van der Waals surface area contributed by atoms with Gasteiger partial charge < -0.3 is 9.64 Å². The monoisotopic (exact) mass is 362 g/mol. The summed E-state index contributed by atoms with van der Waals surface area (Å²) in [6.07, 6.45) is 5.16. The largest absolute Gasteiger partial charge is 0.490 e. The van der Waals surface area contributed by atoms with Gasteiger partial charge in [0, 0.05) is 32.1 Å². The summed E-state index contributed by atoms with van der Waals surface area (Å²) >= 11 is 0. The van der Waals surface area contributed by atoms with E-state index in [1.54, 1.807) is 17.1 Å². The Bertz CT molecular complexity index is 900. The molecule has 6 heteroatoms. The normalized spacial score (nSPS) is 14.9. The maximum Gasteiger partial charge on any atom is 0.257 e. The number of rotatable bonds is 4. The smallest absolute Gasteiger partial charge is 0.257 e. The molecule has 138 valence electrons. The minimum Gasteiger partial charge on any atom is -0.490 e. The molecule has 0 saturated carbocycles. The predicted molar refractivity (Wildman–Crippen MR) is 102 cm³/mol. The molecule has 1 saturated heterocycles. The van der Waals surface area contributed by atoms with Crippen molar-refractivity contribution >= 4 is 5.91 Å². The number of pyridine rings is 1. The van der Waals surface area contributed by atoms with Crippen LogP contribution in [-0.4, -0.2) is 44.8 Å². The van der Waals surface area contributed by atoms with E-state index in [9.17, 15) is 4.79 Å². The van der Waals surface area contributed by atoms with Crippen LogP contribution in [0, 0.1) is 6.92 Å². The van der Waals surface area contributed by atoms with E-state index in [0.717, 1.165) is 24.3 Å². The first kappa shape index (κ1) is 17.3. The van der Waals surface area contributed by atoms with Gasteiger partial charge >= 0.3 is 0 Å². The Balaban J connectivity index is 1.41. The number of amides is 1. The van der Waals surface area contributed by atoms with Crippen LogP contribution in [0.15, 0.2) is 60.9 Å². The van der Waals surface area contributed by atoms with Gasteiger partial charge in [0.25, 0.3) is 5.91 Å². The molecule has 27 heavy (non-hydrogen) atoms. The highest BCUT2D eigenvalue weighted by Gasteiger charge is 2.27. The lowest BCUT2D eigenvalue weighted by Crippen LogP contribution is -2.41. The third-order valence-electron chi connectivity index (χ3n) is 4.88. The number of carbonyl (C=O) groups excluding carboxylic acids is 1. The number of likely N-dealkylation sites (tertiary alicyclic amines) is 1. The SMILES string of the molecule is Cc1c(C(=O)N2CCC(Oc3ccccc3)CC2)cnn1-c1ccccn1. The standard InChI is InChI=1S/C21H22N4O2/c1-16-19(15-23-25(16)20-9-5-6-12-22-20)21(26)24-13-10-18(11-14-24)27-17-7-3-2-4-8-17/h2-9,12,15,18H,10-11,13-14H2,1H3. The summed E-state index contributed by atoms with van der Waals surface area (Å²) in [4.78, 5) is 19.1. The number of benzene rings is 1. The summed E-state index contributed by atoms with van der Waals surface area (Å²) in [7, 11) is 0. The molecule has 3 heterocycles. The second-order valence-electron chi connectivity index (χ2n) is 6.67. The second kappa shape index (κ2) is 7.61. The number of piperidine rings is 1. The molecule has 1 aliphatic rings. The molecule has 1 amide bonds. The molecule has 6 nitrogen and oxygen atoms in total. The molecule has 0 aliphatic carbocycles. The molecule has 0 atom stereocenters. The van der Waals surface area contributed by atoms with E-state index in [4.69, 9.17) is 4.74 Å². The summed E-state index contributed by atoms with van der Waals surface area (Å²) in [6.45, 7) is 3.27. The van der Waals surface area contributed by atoms with E-state index in [2.05, 4.69) is 10.1 Å². The maximum absolute atomic E-state index is 12.9.